The van der Waals surface area contributed by atoms with Crippen LogP contribution in [-0.4, -0.2) is 48.4 Å². The summed E-state index contributed by atoms with van der Waals surface area (Å²) in [5.41, 5.74) is 5.79. The average Bonchev–Trinajstić information content (AvgIpc) is 3.62. The van der Waals surface area contributed by atoms with Gasteiger partial charge in [-0.25, -0.2) is 18.4 Å². The number of hydrogen-bond donors (Lipinski definition) is 0. The van der Waals surface area contributed by atoms with Crippen LogP contribution < -0.4 is 4.90 Å². The molecule has 4 aromatic heterocycles. The largest absolute Gasteiger partial charge is 0.370 e. The second-order valence-electron chi connectivity index (χ2n) is 9.97. The zero-order chi connectivity index (χ0) is 23.8. The number of fused-ring (bicyclic) bond motifs is 1. The SMILES string of the molecule is FC1(F)CCC(Cc2ccc3nc(Cn4cc(-c5cncc(N6CCCC6)c5)nn4)cn3c2)CC1. The lowest BCUT2D eigenvalue weighted by molar-refractivity contribution is -0.0456. The van der Waals surface area contributed by atoms with E-state index in [1.807, 2.05) is 35.3 Å². The van der Waals surface area contributed by atoms with Crippen molar-refractivity contribution in [2.24, 2.45) is 5.92 Å². The van der Waals surface area contributed by atoms with E-state index in [0.717, 1.165) is 53.4 Å². The summed E-state index contributed by atoms with van der Waals surface area (Å²) in [7, 11) is 0. The second-order valence-corrected chi connectivity index (χ2v) is 9.97. The third-order valence-corrected chi connectivity index (χ3v) is 7.28. The van der Waals surface area contributed by atoms with Gasteiger partial charge in [0, 0.05) is 50.1 Å². The number of alkyl halides is 2. The summed E-state index contributed by atoms with van der Waals surface area (Å²) in [6.45, 7) is 2.66. The van der Waals surface area contributed by atoms with Gasteiger partial charge in [0.2, 0.25) is 5.92 Å². The zero-order valence-corrected chi connectivity index (χ0v) is 19.7. The molecule has 0 spiro atoms. The van der Waals surface area contributed by atoms with Crippen LogP contribution >= 0.6 is 0 Å². The summed E-state index contributed by atoms with van der Waals surface area (Å²) in [5, 5.41) is 8.67. The van der Waals surface area contributed by atoms with Gasteiger partial charge >= 0.3 is 0 Å². The fourth-order valence-electron chi connectivity index (χ4n) is 5.31. The van der Waals surface area contributed by atoms with Crippen LogP contribution in [0.4, 0.5) is 14.5 Å². The van der Waals surface area contributed by atoms with Crippen molar-refractivity contribution in [3.05, 3.63) is 60.4 Å². The van der Waals surface area contributed by atoms with E-state index in [9.17, 15) is 8.78 Å². The lowest BCUT2D eigenvalue weighted by Gasteiger charge is -2.28. The number of rotatable bonds is 6. The number of halogens is 2. The summed E-state index contributed by atoms with van der Waals surface area (Å²) in [6.07, 6.45) is 14.2. The van der Waals surface area contributed by atoms with E-state index in [4.69, 9.17) is 4.98 Å². The molecule has 1 saturated carbocycles. The fourth-order valence-corrected chi connectivity index (χ4v) is 5.31. The molecule has 1 saturated heterocycles. The van der Waals surface area contributed by atoms with E-state index in [1.54, 1.807) is 4.68 Å². The standard InChI is InChI=1S/C26H29F2N7/c27-26(28)7-5-19(6-8-26)11-20-3-4-25-30-22(16-34(25)15-20)17-35-18-24(31-32-35)21-12-23(14-29-13-21)33-9-1-2-10-33/h3-4,12-16,18-19H,1-2,5-11,17H2. The van der Waals surface area contributed by atoms with E-state index in [-0.39, 0.29) is 12.8 Å². The Bertz CT molecular complexity index is 1310. The Labute approximate surface area is 202 Å². The van der Waals surface area contributed by atoms with Crippen LogP contribution in [0, 0.1) is 5.92 Å². The van der Waals surface area contributed by atoms with Gasteiger partial charge in [-0.1, -0.05) is 11.3 Å². The second kappa shape index (κ2) is 9.02. The first-order chi connectivity index (χ1) is 17.0. The molecule has 1 aliphatic carbocycles. The van der Waals surface area contributed by atoms with Crippen molar-refractivity contribution >= 4 is 11.3 Å². The Morgan fingerprint density at radius 2 is 1.83 bits per heavy atom. The Kier molecular flexibility index (Phi) is 5.70. The van der Waals surface area contributed by atoms with Gasteiger partial charge in [0.15, 0.2) is 0 Å². The van der Waals surface area contributed by atoms with E-state index in [2.05, 4.69) is 38.5 Å². The highest BCUT2D eigenvalue weighted by Crippen LogP contribution is 2.37. The smallest absolute Gasteiger partial charge is 0.248 e. The van der Waals surface area contributed by atoms with Gasteiger partial charge < -0.3 is 9.30 Å². The molecule has 0 unspecified atom stereocenters. The highest BCUT2D eigenvalue weighted by Gasteiger charge is 2.34. The normalized spacial score (nSPS) is 18.5. The molecule has 0 atom stereocenters. The molecule has 1 aliphatic heterocycles. The number of hydrogen-bond acceptors (Lipinski definition) is 5. The highest BCUT2D eigenvalue weighted by atomic mass is 19.3. The fraction of sp³-hybridized carbons (Fsp3) is 0.462. The first-order valence-electron chi connectivity index (χ1n) is 12.5. The number of aromatic nitrogens is 6. The third-order valence-electron chi connectivity index (χ3n) is 7.28. The molecule has 9 heteroatoms. The van der Waals surface area contributed by atoms with Crippen molar-refractivity contribution < 1.29 is 8.78 Å². The molecule has 0 bridgehead atoms. The molecule has 0 N–H and O–H groups in total. The van der Waals surface area contributed by atoms with Crippen LogP contribution in [0.1, 0.15) is 49.8 Å². The maximum Gasteiger partial charge on any atom is 0.248 e. The minimum Gasteiger partial charge on any atom is -0.370 e. The summed E-state index contributed by atoms with van der Waals surface area (Å²) in [6, 6.07) is 6.19. The lowest BCUT2D eigenvalue weighted by atomic mass is 9.83. The van der Waals surface area contributed by atoms with Crippen LogP contribution in [0.5, 0.6) is 0 Å². The van der Waals surface area contributed by atoms with Gasteiger partial charge in [-0.15, -0.1) is 5.10 Å². The molecule has 7 nitrogen and oxygen atoms in total. The predicted octanol–water partition coefficient (Wildman–Crippen LogP) is 5.00. The zero-order valence-electron chi connectivity index (χ0n) is 19.7. The lowest BCUT2D eigenvalue weighted by Crippen LogP contribution is -2.25. The van der Waals surface area contributed by atoms with Crippen molar-refractivity contribution in [3.63, 3.8) is 0 Å². The van der Waals surface area contributed by atoms with E-state index < -0.39 is 5.92 Å². The van der Waals surface area contributed by atoms with E-state index in [0.29, 0.717) is 25.3 Å². The number of nitrogens with zero attached hydrogens (tertiary/aromatic N) is 7. The van der Waals surface area contributed by atoms with Gasteiger partial charge in [0.25, 0.3) is 0 Å². The molecule has 0 aromatic carbocycles. The number of anilines is 1. The van der Waals surface area contributed by atoms with Gasteiger partial charge in [-0.05, 0) is 55.7 Å². The quantitative estimate of drug-likeness (QED) is 0.391. The van der Waals surface area contributed by atoms with Crippen molar-refractivity contribution in [2.75, 3.05) is 18.0 Å². The molecule has 0 amide bonds. The minimum atomic E-state index is -2.48. The molecular weight excluding hydrogens is 448 g/mol. The van der Waals surface area contributed by atoms with Crippen LogP contribution in [0.15, 0.2) is 49.2 Å². The Morgan fingerprint density at radius 1 is 1.00 bits per heavy atom. The predicted molar refractivity (Wildman–Crippen MR) is 130 cm³/mol. The van der Waals surface area contributed by atoms with Crippen molar-refractivity contribution in [1.29, 1.82) is 0 Å². The molecule has 35 heavy (non-hydrogen) atoms. The van der Waals surface area contributed by atoms with Crippen molar-refractivity contribution in [1.82, 2.24) is 29.4 Å². The molecular formula is C26H29F2N7. The Hall–Kier alpha value is -3.36. The Balaban J connectivity index is 1.14. The summed E-state index contributed by atoms with van der Waals surface area (Å²) >= 11 is 0. The van der Waals surface area contributed by atoms with E-state index >= 15 is 0 Å². The monoisotopic (exact) mass is 477 g/mol. The molecule has 0 radical (unpaired) electrons. The topological polar surface area (TPSA) is 64.1 Å². The van der Waals surface area contributed by atoms with Crippen LogP contribution in [0.2, 0.25) is 0 Å². The summed E-state index contributed by atoms with van der Waals surface area (Å²) in [4.78, 5) is 11.5. The molecule has 2 aliphatic rings. The third kappa shape index (κ3) is 4.90. The van der Waals surface area contributed by atoms with Gasteiger partial charge in [-0.3, -0.25) is 4.98 Å². The molecule has 4 aromatic rings. The van der Waals surface area contributed by atoms with Crippen molar-refractivity contribution in [3.8, 4) is 11.3 Å². The van der Waals surface area contributed by atoms with Crippen molar-refractivity contribution in [2.45, 2.75) is 57.4 Å². The first-order valence-corrected chi connectivity index (χ1v) is 12.5. The average molecular weight is 478 g/mol. The number of pyridine rings is 2. The Morgan fingerprint density at radius 3 is 2.66 bits per heavy atom. The summed E-state index contributed by atoms with van der Waals surface area (Å²) in [5.74, 6) is -2.16. The molecule has 2 fully saturated rings. The highest BCUT2D eigenvalue weighted by molar-refractivity contribution is 5.63. The molecule has 6 rings (SSSR count). The first kappa shape index (κ1) is 22.1. The van der Waals surface area contributed by atoms with E-state index in [1.165, 1.54) is 12.8 Å². The molecule has 5 heterocycles. The minimum absolute atomic E-state index is 0.00758. The number of imidazole rings is 1. The van der Waals surface area contributed by atoms with Gasteiger partial charge in [0.05, 0.1) is 30.3 Å². The van der Waals surface area contributed by atoms with Gasteiger partial charge in [0.1, 0.15) is 11.3 Å². The molecule has 182 valence electrons. The maximum absolute atomic E-state index is 13.5. The van der Waals surface area contributed by atoms with Crippen LogP contribution in [-0.2, 0) is 13.0 Å². The van der Waals surface area contributed by atoms with Crippen LogP contribution in [0.25, 0.3) is 16.9 Å². The summed E-state index contributed by atoms with van der Waals surface area (Å²) < 4.78 is 30.7. The maximum atomic E-state index is 13.5. The van der Waals surface area contributed by atoms with Gasteiger partial charge in [-0.2, -0.15) is 0 Å². The van der Waals surface area contributed by atoms with Crippen LogP contribution in [0.3, 0.4) is 0 Å².